The summed E-state index contributed by atoms with van der Waals surface area (Å²) in [4.78, 5) is 18.2. The van der Waals surface area contributed by atoms with Crippen molar-refractivity contribution >= 4 is 17.4 Å². The summed E-state index contributed by atoms with van der Waals surface area (Å²) in [6.07, 6.45) is 0. The second-order valence-electron chi connectivity index (χ2n) is 5.74. The van der Waals surface area contributed by atoms with E-state index in [1.165, 1.54) is 16.9 Å². The molecule has 106 valence electrons. The highest BCUT2D eigenvalue weighted by atomic mass is 16.2. The van der Waals surface area contributed by atoms with Crippen LogP contribution in [0.5, 0.6) is 0 Å². The van der Waals surface area contributed by atoms with Crippen molar-refractivity contribution in [3.8, 4) is 0 Å². The van der Waals surface area contributed by atoms with Crippen LogP contribution in [-0.4, -0.2) is 55.1 Å². The lowest BCUT2D eigenvalue weighted by Gasteiger charge is -2.38. The normalized spacial score (nSPS) is 24.8. The second kappa shape index (κ2) is 4.28. The lowest BCUT2D eigenvalue weighted by Crippen LogP contribution is -2.52. The summed E-state index contributed by atoms with van der Waals surface area (Å²) < 4.78 is 0. The van der Waals surface area contributed by atoms with Crippen LogP contribution in [0.3, 0.4) is 0 Å². The van der Waals surface area contributed by atoms with Gasteiger partial charge in [-0.1, -0.05) is 6.07 Å². The molecule has 1 aromatic rings. The molecule has 2 amide bonds. The predicted octanol–water partition coefficient (Wildman–Crippen LogP) is 0.673. The lowest BCUT2D eigenvalue weighted by atomic mass is 10.1. The number of hydrogen-bond acceptors (Lipinski definition) is 4. The molecule has 4 rings (SSSR count). The molecule has 0 aromatic heterocycles. The number of rotatable bonds is 1. The zero-order chi connectivity index (χ0) is 13.7. The molecule has 0 spiro atoms. The first kappa shape index (κ1) is 11.8. The molecule has 6 heteroatoms. The highest BCUT2D eigenvalue weighted by molar-refractivity contribution is 5.78. The highest BCUT2D eigenvalue weighted by Gasteiger charge is 2.39. The molecule has 1 aromatic carbocycles. The van der Waals surface area contributed by atoms with Gasteiger partial charge in [0.15, 0.2) is 0 Å². The maximum atomic E-state index is 12.0. The molecule has 0 radical (unpaired) electrons. The number of likely N-dealkylation sites (N-methyl/N-ethyl adjacent to an activating group) is 1. The summed E-state index contributed by atoms with van der Waals surface area (Å²) in [6.45, 7) is 4.34. The molecule has 3 aliphatic rings. The number of piperazine rings is 1. The number of hydrogen-bond donors (Lipinski definition) is 2. The molecule has 2 N–H and O–H groups in total. The van der Waals surface area contributed by atoms with Crippen molar-refractivity contribution < 1.29 is 4.79 Å². The second-order valence-corrected chi connectivity index (χ2v) is 5.74. The van der Waals surface area contributed by atoms with Crippen LogP contribution in [0.2, 0.25) is 0 Å². The fraction of sp³-hybridized carbons (Fsp3) is 0.500. The van der Waals surface area contributed by atoms with Gasteiger partial charge in [-0.25, -0.2) is 10.2 Å². The fourth-order valence-corrected chi connectivity index (χ4v) is 3.50. The van der Waals surface area contributed by atoms with Crippen LogP contribution in [0.15, 0.2) is 18.2 Å². The number of fused-ring (bicyclic) bond motifs is 2. The third-order valence-electron chi connectivity index (χ3n) is 4.52. The van der Waals surface area contributed by atoms with Crippen molar-refractivity contribution in [2.24, 2.45) is 0 Å². The Morgan fingerprint density at radius 1 is 1.25 bits per heavy atom. The van der Waals surface area contributed by atoms with Gasteiger partial charge in [0.25, 0.3) is 0 Å². The molecule has 2 saturated heterocycles. The van der Waals surface area contributed by atoms with E-state index in [0.29, 0.717) is 6.04 Å². The van der Waals surface area contributed by atoms with Crippen molar-refractivity contribution in [2.45, 2.75) is 12.6 Å². The average Bonchev–Trinajstić information content (AvgIpc) is 3.04. The molecule has 2 fully saturated rings. The van der Waals surface area contributed by atoms with Crippen molar-refractivity contribution in [1.82, 2.24) is 15.2 Å². The highest BCUT2D eigenvalue weighted by Crippen LogP contribution is 2.32. The molecule has 0 saturated carbocycles. The van der Waals surface area contributed by atoms with E-state index in [-0.39, 0.29) is 6.03 Å². The van der Waals surface area contributed by atoms with Crippen LogP contribution >= 0.6 is 0 Å². The van der Waals surface area contributed by atoms with E-state index in [9.17, 15) is 4.79 Å². The number of benzene rings is 1. The van der Waals surface area contributed by atoms with Crippen molar-refractivity contribution in [3.05, 3.63) is 23.8 Å². The number of anilines is 2. The molecule has 3 heterocycles. The fourth-order valence-electron chi connectivity index (χ4n) is 3.50. The molecule has 3 aliphatic heterocycles. The number of carbonyl (C=O) groups is 1. The van der Waals surface area contributed by atoms with Gasteiger partial charge in [-0.3, -0.25) is 0 Å². The largest absolute Gasteiger partial charge is 0.367 e. The van der Waals surface area contributed by atoms with Gasteiger partial charge in [0.2, 0.25) is 0 Å². The number of nitrogens with zero attached hydrogens (tertiary/aromatic N) is 3. The maximum absolute atomic E-state index is 12.0. The van der Waals surface area contributed by atoms with E-state index in [1.807, 2.05) is 16.8 Å². The SMILES string of the molecule is CN1CC2CN(c3cccc4c3CNN4)CCN2C1=O. The number of urea groups is 1. The third kappa shape index (κ3) is 1.64. The van der Waals surface area contributed by atoms with E-state index in [1.54, 1.807) is 0 Å². The maximum Gasteiger partial charge on any atom is 0.320 e. The Morgan fingerprint density at radius 2 is 2.15 bits per heavy atom. The summed E-state index contributed by atoms with van der Waals surface area (Å²) in [5.41, 5.74) is 10.2. The van der Waals surface area contributed by atoms with Crippen molar-refractivity contribution in [1.29, 1.82) is 0 Å². The van der Waals surface area contributed by atoms with Crippen LogP contribution < -0.4 is 15.8 Å². The van der Waals surface area contributed by atoms with Gasteiger partial charge in [0.1, 0.15) is 0 Å². The summed E-state index contributed by atoms with van der Waals surface area (Å²) >= 11 is 0. The Morgan fingerprint density at radius 3 is 3.05 bits per heavy atom. The van der Waals surface area contributed by atoms with Gasteiger partial charge >= 0.3 is 6.03 Å². The topological polar surface area (TPSA) is 50.9 Å². The Balaban J connectivity index is 1.60. The summed E-state index contributed by atoms with van der Waals surface area (Å²) in [6, 6.07) is 6.87. The molecule has 1 unspecified atom stereocenters. The van der Waals surface area contributed by atoms with Gasteiger partial charge in [-0.2, -0.15) is 0 Å². The average molecular weight is 273 g/mol. The monoisotopic (exact) mass is 273 g/mol. The summed E-state index contributed by atoms with van der Waals surface area (Å²) in [5, 5.41) is 0. The zero-order valence-electron chi connectivity index (χ0n) is 11.6. The standard InChI is InChI=1S/C14H19N5O/c1-17-8-10-9-18(5-6-19(10)14(17)20)13-4-2-3-12-11(13)7-15-16-12/h2-4,10,15-16H,5-9H2,1H3. The number of nitrogens with one attached hydrogen (secondary N) is 2. The van der Waals surface area contributed by atoms with Gasteiger partial charge < -0.3 is 20.1 Å². The number of hydrazine groups is 1. The summed E-state index contributed by atoms with van der Waals surface area (Å²) in [7, 11) is 1.89. The Labute approximate surface area is 118 Å². The lowest BCUT2D eigenvalue weighted by molar-refractivity contribution is 0.187. The first-order chi connectivity index (χ1) is 9.74. The number of carbonyl (C=O) groups excluding carboxylic acids is 1. The molecule has 0 aliphatic carbocycles. The summed E-state index contributed by atoms with van der Waals surface area (Å²) in [5.74, 6) is 0. The molecular weight excluding hydrogens is 254 g/mol. The molecule has 0 bridgehead atoms. The van der Waals surface area contributed by atoms with Crippen LogP contribution in [0.25, 0.3) is 0 Å². The van der Waals surface area contributed by atoms with E-state index in [0.717, 1.165) is 32.7 Å². The molecule has 1 atom stereocenters. The van der Waals surface area contributed by atoms with Gasteiger partial charge in [0, 0.05) is 51.0 Å². The minimum absolute atomic E-state index is 0.177. The van der Waals surface area contributed by atoms with Crippen molar-refractivity contribution in [2.75, 3.05) is 43.6 Å². The minimum atomic E-state index is 0.177. The Kier molecular flexibility index (Phi) is 2.53. The molecule has 20 heavy (non-hydrogen) atoms. The van der Waals surface area contributed by atoms with E-state index >= 15 is 0 Å². The Bertz CT molecular complexity index is 560. The first-order valence-electron chi connectivity index (χ1n) is 7.11. The van der Waals surface area contributed by atoms with E-state index < -0.39 is 0 Å². The van der Waals surface area contributed by atoms with Gasteiger partial charge in [-0.15, -0.1) is 0 Å². The van der Waals surface area contributed by atoms with Crippen LogP contribution in [0.1, 0.15) is 5.56 Å². The van der Waals surface area contributed by atoms with Crippen molar-refractivity contribution in [3.63, 3.8) is 0 Å². The first-order valence-corrected chi connectivity index (χ1v) is 7.11. The smallest absolute Gasteiger partial charge is 0.320 e. The minimum Gasteiger partial charge on any atom is -0.367 e. The van der Waals surface area contributed by atoms with Crippen LogP contribution in [0.4, 0.5) is 16.2 Å². The zero-order valence-corrected chi connectivity index (χ0v) is 11.6. The van der Waals surface area contributed by atoms with Crippen LogP contribution in [-0.2, 0) is 6.54 Å². The molecular formula is C14H19N5O. The van der Waals surface area contributed by atoms with Crippen LogP contribution in [0, 0.1) is 0 Å². The van der Waals surface area contributed by atoms with E-state index in [2.05, 4.69) is 34.0 Å². The Hall–Kier alpha value is -1.95. The van der Waals surface area contributed by atoms with E-state index in [4.69, 9.17) is 0 Å². The quantitative estimate of drug-likeness (QED) is 0.790. The predicted molar refractivity (Wildman–Crippen MR) is 77.6 cm³/mol. The molecule has 6 nitrogen and oxygen atoms in total. The third-order valence-corrected chi connectivity index (χ3v) is 4.52. The van der Waals surface area contributed by atoms with Gasteiger partial charge in [-0.05, 0) is 12.1 Å². The number of amides is 2. The van der Waals surface area contributed by atoms with Gasteiger partial charge in [0.05, 0.1) is 11.7 Å².